The van der Waals surface area contributed by atoms with Gasteiger partial charge in [-0.1, -0.05) is 0 Å². The van der Waals surface area contributed by atoms with E-state index in [4.69, 9.17) is 9.47 Å². The molecule has 1 saturated heterocycles. The second-order valence-electron chi connectivity index (χ2n) is 4.38. The van der Waals surface area contributed by atoms with E-state index in [1.807, 2.05) is 0 Å². The van der Waals surface area contributed by atoms with Crippen LogP contribution in [-0.2, 0) is 9.47 Å². The lowest BCUT2D eigenvalue weighted by Crippen LogP contribution is -2.30. The molecule has 0 spiro atoms. The smallest absolute Gasteiger partial charge is 0.255 e. The van der Waals surface area contributed by atoms with Gasteiger partial charge in [0.2, 0.25) is 0 Å². The molecule has 19 heavy (non-hydrogen) atoms. The molecule has 0 bridgehead atoms. The number of hydrogen-bond acceptors (Lipinski definition) is 3. The third-order valence-electron chi connectivity index (χ3n) is 3.27. The first kappa shape index (κ1) is 14.4. The highest BCUT2D eigenvalue weighted by Crippen LogP contribution is 2.23. The number of ether oxygens (including phenoxy) is 2. The van der Waals surface area contributed by atoms with E-state index in [1.165, 1.54) is 18.2 Å². The van der Waals surface area contributed by atoms with E-state index in [9.17, 15) is 9.18 Å². The zero-order chi connectivity index (χ0) is 14.0. The summed E-state index contributed by atoms with van der Waals surface area (Å²) >= 11 is 3.21. The maximum Gasteiger partial charge on any atom is 0.255 e. The Morgan fingerprint density at radius 2 is 1.89 bits per heavy atom. The number of nitrogens with zero attached hydrogens (tertiary/aromatic N) is 1. The van der Waals surface area contributed by atoms with Crippen LogP contribution in [0.1, 0.15) is 10.4 Å². The van der Waals surface area contributed by atoms with E-state index in [0.717, 1.165) is 0 Å². The molecule has 0 saturated carbocycles. The Kier molecular flexibility index (Phi) is 4.54. The molecule has 2 atom stereocenters. The van der Waals surface area contributed by atoms with Crippen molar-refractivity contribution < 1.29 is 18.7 Å². The van der Waals surface area contributed by atoms with E-state index in [1.54, 1.807) is 19.1 Å². The lowest BCUT2D eigenvalue weighted by Gasteiger charge is -2.16. The van der Waals surface area contributed by atoms with E-state index in [2.05, 4.69) is 15.9 Å². The number of rotatable bonds is 3. The van der Waals surface area contributed by atoms with Crippen LogP contribution in [-0.4, -0.2) is 50.3 Å². The number of carbonyl (C=O) groups is 1. The summed E-state index contributed by atoms with van der Waals surface area (Å²) in [5.41, 5.74) is 0.438. The summed E-state index contributed by atoms with van der Waals surface area (Å²) in [5.74, 6) is -0.539. The van der Waals surface area contributed by atoms with E-state index in [-0.39, 0.29) is 23.9 Å². The number of hydrogen-bond donors (Lipinski definition) is 0. The second kappa shape index (κ2) is 5.98. The molecule has 1 aromatic carbocycles. The normalized spacial score (nSPS) is 22.8. The van der Waals surface area contributed by atoms with Crippen molar-refractivity contribution in [1.29, 1.82) is 0 Å². The summed E-state index contributed by atoms with van der Waals surface area (Å²) in [6.45, 7) is 0.940. The third kappa shape index (κ3) is 2.96. The molecule has 0 aliphatic carbocycles. The molecule has 1 fully saturated rings. The summed E-state index contributed by atoms with van der Waals surface area (Å²) in [6, 6.07) is 4.03. The quantitative estimate of drug-likeness (QED) is 0.851. The van der Waals surface area contributed by atoms with Crippen molar-refractivity contribution in [3.8, 4) is 0 Å². The summed E-state index contributed by atoms with van der Waals surface area (Å²) < 4.78 is 24.1. The monoisotopic (exact) mass is 331 g/mol. The number of benzene rings is 1. The summed E-state index contributed by atoms with van der Waals surface area (Å²) in [5, 5.41) is 0. The van der Waals surface area contributed by atoms with Gasteiger partial charge in [-0.2, -0.15) is 0 Å². The van der Waals surface area contributed by atoms with Gasteiger partial charge in [-0.05, 0) is 34.1 Å². The Hall–Kier alpha value is -0.980. The average Bonchev–Trinajstić information content (AvgIpc) is 2.81. The van der Waals surface area contributed by atoms with Gasteiger partial charge in [0.1, 0.15) is 18.0 Å². The second-order valence-corrected chi connectivity index (χ2v) is 5.24. The number of methoxy groups -OCH3 is 2. The van der Waals surface area contributed by atoms with Gasteiger partial charge < -0.3 is 14.4 Å². The highest BCUT2D eigenvalue weighted by molar-refractivity contribution is 9.10. The minimum Gasteiger partial charge on any atom is -0.377 e. The molecule has 1 amide bonds. The fourth-order valence-corrected chi connectivity index (χ4v) is 2.72. The van der Waals surface area contributed by atoms with Gasteiger partial charge in [0.05, 0.1) is 5.56 Å². The van der Waals surface area contributed by atoms with Gasteiger partial charge in [-0.3, -0.25) is 4.79 Å². The van der Waals surface area contributed by atoms with Crippen LogP contribution in [0.3, 0.4) is 0 Å². The highest BCUT2D eigenvalue weighted by Gasteiger charge is 2.36. The summed E-state index contributed by atoms with van der Waals surface area (Å²) in [4.78, 5) is 14.0. The Morgan fingerprint density at radius 3 is 2.37 bits per heavy atom. The van der Waals surface area contributed by atoms with E-state index >= 15 is 0 Å². The Bertz CT molecular complexity index is 471. The molecule has 0 aromatic heterocycles. The van der Waals surface area contributed by atoms with Gasteiger partial charge in [0.15, 0.2) is 0 Å². The summed E-state index contributed by atoms with van der Waals surface area (Å²) in [6.07, 6.45) is -0.263. The standard InChI is InChI=1S/C13H15BrFNO3/c1-18-11-6-16(7-12(11)19-2)13(17)9-4-3-8(15)5-10(9)14/h3-5,11-12H,6-7H2,1-2H3. The molecule has 2 rings (SSSR count). The van der Waals surface area contributed by atoms with Crippen LogP contribution in [0.25, 0.3) is 0 Å². The fourth-order valence-electron chi connectivity index (χ4n) is 2.20. The van der Waals surface area contributed by atoms with Gasteiger partial charge in [-0.25, -0.2) is 4.39 Å². The van der Waals surface area contributed by atoms with Crippen molar-refractivity contribution in [2.24, 2.45) is 0 Å². The van der Waals surface area contributed by atoms with Gasteiger partial charge in [0.25, 0.3) is 5.91 Å². The molecular formula is C13H15BrFNO3. The van der Waals surface area contributed by atoms with Gasteiger partial charge in [0, 0.05) is 31.8 Å². The maximum atomic E-state index is 13.0. The van der Waals surface area contributed by atoms with Gasteiger partial charge >= 0.3 is 0 Å². The number of amides is 1. The Balaban J connectivity index is 2.17. The predicted molar refractivity (Wildman–Crippen MR) is 71.6 cm³/mol. The molecule has 4 nitrogen and oxygen atoms in total. The first-order valence-electron chi connectivity index (χ1n) is 5.86. The largest absolute Gasteiger partial charge is 0.377 e. The minimum absolute atomic E-state index is 0.131. The molecule has 1 aliphatic heterocycles. The molecule has 0 radical (unpaired) electrons. The molecule has 1 aliphatic rings. The van der Waals surface area contributed by atoms with E-state index < -0.39 is 0 Å². The molecule has 1 heterocycles. The number of likely N-dealkylation sites (tertiary alicyclic amines) is 1. The molecule has 0 N–H and O–H groups in total. The molecule has 2 unspecified atom stereocenters. The van der Waals surface area contributed by atoms with Gasteiger partial charge in [-0.15, -0.1) is 0 Å². The Labute approximate surface area is 119 Å². The van der Waals surface area contributed by atoms with Crippen molar-refractivity contribution in [3.05, 3.63) is 34.1 Å². The zero-order valence-corrected chi connectivity index (χ0v) is 12.3. The number of carbonyl (C=O) groups excluding carboxylic acids is 1. The number of halogens is 2. The van der Waals surface area contributed by atoms with Crippen molar-refractivity contribution in [1.82, 2.24) is 4.90 Å². The maximum absolute atomic E-state index is 13.0. The minimum atomic E-state index is -0.380. The lowest BCUT2D eigenvalue weighted by molar-refractivity contribution is -0.00461. The first-order valence-corrected chi connectivity index (χ1v) is 6.66. The predicted octanol–water partition coefficient (Wildman–Crippen LogP) is 2.07. The van der Waals surface area contributed by atoms with E-state index in [0.29, 0.717) is 23.1 Å². The van der Waals surface area contributed by atoms with Crippen molar-refractivity contribution >= 4 is 21.8 Å². The van der Waals surface area contributed by atoms with Crippen LogP contribution in [0.2, 0.25) is 0 Å². The third-order valence-corrected chi connectivity index (χ3v) is 3.93. The van der Waals surface area contributed by atoms with Crippen molar-refractivity contribution in [2.75, 3.05) is 27.3 Å². The molecular weight excluding hydrogens is 317 g/mol. The summed E-state index contributed by atoms with van der Waals surface area (Å²) in [7, 11) is 3.19. The highest BCUT2D eigenvalue weighted by atomic mass is 79.9. The first-order chi connectivity index (χ1) is 9.06. The molecule has 6 heteroatoms. The van der Waals surface area contributed by atoms with Crippen molar-refractivity contribution in [2.45, 2.75) is 12.2 Å². The van der Waals surface area contributed by atoms with Crippen LogP contribution >= 0.6 is 15.9 Å². The van der Waals surface area contributed by atoms with Crippen LogP contribution in [0, 0.1) is 5.82 Å². The Morgan fingerprint density at radius 1 is 1.32 bits per heavy atom. The van der Waals surface area contributed by atoms with Crippen LogP contribution in [0.5, 0.6) is 0 Å². The fraction of sp³-hybridized carbons (Fsp3) is 0.462. The lowest BCUT2D eigenvalue weighted by atomic mass is 10.2. The average molecular weight is 332 g/mol. The van der Waals surface area contributed by atoms with Crippen LogP contribution in [0.4, 0.5) is 4.39 Å². The van der Waals surface area contributed by atoms with Crippen LogP contribution < -0.4 is 0 Å². The SMILES string of the molecule is COC1CN(C(=O)c2ccc(F)cc2Br)CC1OC. The van der Waals surface area contributed by atoms with Crippen LogP contribution in [0.15, 0.2) is 22.7 Å². The topological polar surface area (TPSA) is 38.8 Å². The molecule has 104 valence electrons. The zero-order valence-electron chi connectivity index (χ0n) is 10.7. The molecule has 1 aromatic rings. The van der Waals surface area contributed by atoms with Crippen molar-refractivity contribution in [3.63, 3.8) is 0 Å².